The number of nitrogens with zero attached hydrogens (tertiary/aromatic N) is 3. The molecule has 154 valence electrons. The number of pyridine rings is 1. The van der Waals surface area contributed by atoms with E-state index in [4.69, 9.17) is 8.97 Å². The van der Waals surface area contributed by atoms with Gasteiger partial charge < -0.3 is 9.32 Å². The minimum absolute atomic E-state index is 0.550. The third-order valence-corrected chi connectivity index (χ3v) is 6.76. The van der Waals surface area contributed by atoms with Crippen LogP contribution in [0.3, 0.4) is 0 Å². The highest BCUT2D eigenvalue weighted by Gasteiger charge is 2.24. The quantitative estimate of drug-likeness (QED) is 0.688. The molecule has 0 radical (unpaired) electrons. The normalized spacial score (nSPS) is 25.2. The highest BCUT2D eigenvalue weighted by atomic mass is 32.2. The number of anilines is 1. The molecule has 1 aliphatic heterocycles. The summed E-state index contributed by atoms with van der Waals surface area (Å²) in [5.74, 6) is 2.39. The fourth-order valence-corrected chi connectivity index (χ4v) is 4.97. The van der Waals surface area contributed by atoms with E-state index < -0.39 is 11.3 Å². The molecule has 2 aromatic heterocycles. The maximum absolute atomic E-state index is 10.7. The predicted octanol–water partition coefficient (Wildman–Crippen LogP) is 2.87. The van der Waals surface area contributed by atoms with Gasteiger partial charge in [0.25, 0.3) is 0 Å². The number of piperazine rings is 1. The highest BCUT2D eigenvalue weighted by Crippen LogP contribution is 2.31. The van der Waals surface area contributed by atoms with Gasteiger partial charge in [-0.25, -0.2) is 13.9 Å². The van der Waals surface area contributed by atoms with Crippen molar-refractivity contribution in [2.75, 3.05) is 44.2 Å². The van der Waals surface area contributed by atoms with Crippen molar-refractivity contribution in [2.24, 2.45) is 11.8 Å². The standard InChI is InChI=1S/C20H30N4O3S/c25-28(26)22-15-17-3-1-16(2-4-17)6-9-23-10-12-24(13-11-23)20-18-7-14-27-19(18)5-8-21-20/h5,7-8,14,16-17,22H,1-4,6,9-13,15H2,(H,25,26). The molecule has 2 aromatic rings. The van der Waals surface area contributed by atoms with E-state index in [2.05, 4.69) is 19.5 Å². The highest BCUT2D eigenvalue weighted by molar-refractivity contribution is 7.77. The molecule has 1 unspecified atom stereocenters. The summed E-state index contributed by atoms with van der Waals surface area (Å²) >= 11 is -1.88. The van der Waals surface area contributed by atoms with Crippen LogP contribution in [0.25, 0.3) is 11.0 Å². The van der Waals surface area contributed by atoms with E-state index in [1.807, 2.05) is 18.3 Å². The number of hydrogen-bond acceptors (Lipinski definition) is 5. The molecule has 0 aromatic carbocycles. The molecule has 3 heterocycles. The van der Waals surface area contributed by atoms with Gasteiger partial charge in [-0.2, -0.15) is 0 Å². The van der Waals surface area contributed by atoms with Gasteiger partial charge in [0.2, 0.25) is 11.3 Å². The first kappa shape index (κ1) is 19.8. The summed E-state index contributed by atoms with van der Waals surface area (Å²) in [4.78, 5) is 9.54. The van der Waals surface area contributed by atoms with Crippen LogP contribution in [0, 0.1) is 11.8 Å². The minimum Gasteiger partial charge on any atom is -0.464 e. The Morgan fingerprint density at radius 2 is 1.89 bits per heavy atom. The maximum Gasteiger partial charge on any atom is 0.231 e. The molecule has 2 N–H and O–H groups in total. The van der Waals surface area contributed by atoms with E-state index in [0.29, 0.717) is 12.5 Å². The van der Waals surface area contributed by atoms with Crippen LogP contribution in [0.2, 0.25) is 0 Å². The molecule has 8 heteroatoms. The van der Waals surface area contributed by atoms with Crippen LogP contribution in [0.1, 0.15) is 32.1 Å². The minimum atomic E-state index is -1.88. The van der Waals surface area contributed by atoms with Crippen LogP contribution in [0.15, 0.2) is 29.0 Å². The Bertz CT molecular complexity index is 783. The fourth-order valence-electron chi connectivity index (χ4n) is 4.59. The van der Waals surface area contributed by atoms with Crippen LogP contribution >= 0.6 is 0 Å². The second-order valence-electron chi connectivity index (χ2n) is 8.07. The van der Waals surface area contributed by atoms with Gasteiger partial charge >= 0.3 is 0 Å². The molecule has 1 saturated heterocycles. The van der Waals surface area contributed by atoms with Crippen molar-refractivity contribution in [2.45, 2.75) is 32.1 Å². The van der Waals surface area contributed by atoms with Crippen LogP contribution in [0.4, 0.5) is 5.82 Å². The average Bonchev–Trinajstić information content (AvgIpc) is 3.21. The Morgan fingerprint density at radius 3 is 2.64 bits per heavy atom. The third kappa shape index (κ3) is 4.92. The largest absolute Gasteiger partial charge is 0.464 e. The van der Waals surface area contributed by atoms with Crippen LogP contribution < -0.4 is 9.62 Å². The first-order valence-corrected chi connectivity index (χ1v) is 11.4. The summed E-state index contributed by atoms with van der Waals surface area (Å²) < 4.78 is 27.7. The summed E-state index contributed by atoms with van der Waals surface area (Å²) in [6, 6.07) is 3.93. The Balaban J connectivity index is 1.18. The van der Waals surface area contributed by atoms with Crippen molar-refractivity contribution in [3.63, 3.8) is 0 Å². The zero-order chi connectivity index (χ0) is 19.3. The second kappa shape index (κ2) is 9.35. The zero-order valence-corrected chi connectivity index (χ0v) is 17.1. The van der Waals surface area contributed by atoms with Gasteiger partial charge in [-0.15, -0.1) is 0 Å². The average molecular weight is 407 g/mol. The number of fused-ring (bicyclic) bond motifs is 1. The zero-order valence-electron chi connectivity index (χ0n) is 16.3. The van der Waals surface area contributed by atoms with Gasteiger partial charge in [0, 0.05) is 38.9 Å². The van der Waals surface area contributed by atoms with Crippen LogP contribution in [0.5, 0.6) is 0 Å². The van der Waals surface area contributed by atoms with E-state index in [1.54, 1.807) is 6.26 Å². The third-order valence-electron chi connectivity index (χ3n) is 6.35. The smallest absolute Gasteiger partial charge is 0.231 e. The lowest BCUT2D eigenvalue weighted by Crippen LogP contribution is -2.47. The van der Waals surface area contributed by atoms with Crippen molar-refractivity contribution >= 4 is 28.1 Å². The molecule has 2 aliphatic rings. The molecule has 0 bridgehead atoms. The van der Waals surface area contributed by atoms with Gasteiger partial charge in [-0.1, -0.05) is 12.8 Å². The van der Waals surface area contributed by atoms with Crippen LogP contribution in [-0.2, 0) is 11.3 Å². The predicted molar refractivity (Wildman–Crippen MR) is 112 cm³/mol. The molecule has 0 spiro atoms. The second-order valence-corrected chi connectivity index (χ2v) is 8.86. The van der Waals surface area contributed by atoms with Gasteiger partial charge in [0.15, 0.2) is 0 Å². The molecular weight excluding hydrogens is 376 g/mol. The molecule has 1 saturated carbocycles. The summed E-state index contributed by atoms with van der Waals surface area (Å²) in [6.45, 7) is 6.01. The number of rotatable bonds is 7. The lowest BCUT2D eigenvalue weighted by atomic mass is 9.80. The topological polar surface area (TPSA) is 81.8 Å². The van der Waals surface area contributed by atoms with Gasteiger partial charge in [-0.3, -0.25) is 9.45 Å². The molecule has 2 fully saturated rings. The summed E-state index contributed by atoms with van der Waals surface area (Å²) in [5, 5.41) is 1.10. The number of furan rings is 1. The van der Waals surface area contributed by atoms with Gasteiger partial charge in [0.05, 0.1) is 11.6 Å². The Kier molecular flexibility index (Phi) is 6.61. The fraction of sp³-hybridized carbons (Fsp3) is 0.650. The molecule has 7 nitrogen and oxygen atoms in total. The molecule has 4 rings (SSSR count). The lowest BCUT2D eigenvalue weighted by Gasteiger charge is -2.36. The Hall–Kier alpha value is -1.48. The molecule has 28 heavy (non-hydrogen) atoms. The van der Waals surface area contributed by atoms with Crippen molar-refractivity contribution in [3.05, 3.63) is 24.6 Å². The van der Waals surface area contributed by atoms with Crippen molar-refractivity contribution in [1.29, 1.82) is 0 Å². The summed E-state index contributed by atoms with van der Waals surface area (Å²) in [5.41, 5.74) is 0.906. The first-order valence-electron chi connectivity index (χ1n) is 10.3. The van der Waals surface area contributed by atoms with Crippen molar-refractivity contribution in [3.8, 4) is 0 Å². The summed E-state index contributed by atoms with van der Waals surface area (Å²) in [7, 11) is 0. The van der Waals surface area contributed by atoms with Gasteiger partial charge in [0.1, 0.15) is 11.4 Å². The van der Waals surface area contributed by atoms with E-state index in [-0.39, 0.29) is 0 Å². The van der Waals surface area contributed by atoms with E-state index in [1.165, 1.54) is 38.6 Å². The Labute approximate surface area is 168 Å². The molecule has 1 atom stereocenters. The monoisotopic (exact) mass is 406 g/mol. The SMILES string of the molecule is O=S(O)NCC1CCC(CCN2CCN(c3nccc4occc34)CC2)CC1. The number of aromatic nitrogens is 1. The van der Waals surface area contributed by atoms with E-state index in [0.717, 1.165) is 48.9 Å². The lowest BCUT2D eigenvalue weighted by molar-refractivity contribution is 0.204. The van der Waals surface area contributed by atoms with E-state index >= 15 is 0 Å². The van der Waals surface area contributed by atoms with E-state index in [9.17, 15) is 4.21 Å². The summed E-state index contributed by atoms with van der Waals surface area (Å²) in [6.07, 6.45) is 9.67. The molecule has 1 aliphatic carbocycles. The Morgan fingerprint density at radius 1 is 1.14 bits per heavy atom. The molecular formula is C20H30N4O3S. The first-order chi connectivity index (χ1) is 13.7. The maximum atomic E-state index is 10.7. The van der Waals surface area contributed by atoms with Crippen molar-refractivity contribution < 1.29 is 13.2 Å². The number of hydrogen-bond donors (Lipinski definition) is 2. The van der Waals surface area contributed by atoms with Crippen molar-refractivity contribution in [1.82, 2.24) is 14.6 Å². The number of nitrogens with one attached hydrogen (secondary N) is 1. The van der Waals surface area contributed by atoms with Gasteiger partial charge in [-0.05, 0) is 49.8 Å². The molecule has 0 amide bonds. The van der Waals surface area contributed by atoms with Crippen LogP contribution in [-0.4, -0.2) is 57.9 Å².